The number of carbonyl (C=O) groups excluding carboxylic acids is 1. The molecule has 0 bridgehead atoms. The molecule has 0 aliphatic heterocycles. The standard InChI is InChI=1S/C16H33NO3/c1-6-20-16(19)11-15(18)12-17(9-7-13(2)3)10-8-14(4)5/h13-15,18H,6-12H2,1-5H3. The van der Waals surface area contributed by atoms with Crippen molar-refractivity contribution in [3.8, 4) is 0 Å². The SMILES string of the molecule is CCOC(=O)CC(O)CN(CCC(C)C)CCC(C)C. The normalized spacial score (nSPS) is 13.2. The Kier molecular flexibility index (Phi) is 10.8. The number of esters is 1. The van der Waals surface area contributed by atoms with Crippen LogP contribution in [0.4, 0.5) is 0 Å². The lowest BCUT2D eigenvalue weighted by Gasteiger charge is -2.26. The van der Waals surface area contributed by atoms with Gasteiger partial charge in [-0.1, -0.05) is 27.7 Å². The maximum Gasteiger partial charge on any atom is 0.308 e. The molecule has 0 aromatic rings. The zero-order valence-electron chi connectivity index (χ0n) is 13.9. The van der Waals surface area contributed by atoms with Crippen molar-refractivity contribution in [3.05, 3.63) is 0 Å². The highest BCUT2D eigenvalue weighted by molar-refractivity contribution is 5.69. The van der Waals surface area contributed by atoms with Crippen molar-refractivity contribution in [2.24, 2.45) is 11.8 Å². The second-order valence-electron chi connectivity index (χ2n) is 6.33. The zero-order chi connectivity index (χ0) is 15.5. The molecule has 0 saturated heterocycles. The third-order valence-corrected chi connectivity index (χ3v) is 3.22. The van der Waals surface area contributed by atoms with E-state index in [0.717, 1.165) is 25.9 Å². The number of rotatable bonds is 11. The van der Waals surface area contributed by atoms with Gasteiger partial charge in [0, 0.05) is 6.54 Å². The Balaban J connectivity index is 4.19. The van der Waals surface area contributed by atoms with Crippen LogP contribution in [0, 0.1) is 11.8 Å². The third kappa shape index (κ3) is 11.2. The van der Waals surface area contributed by atoms with Crippen LogP contribution in [0.25, 0.3) is 0 Å². The van der Waals surface area contributed by atoms with Gasteiger partial charge in [-0.3, -0.25) is 4.79 Å². The van der Waals surface area contributed by atoms with Gasteiger partial charge in [0.25, 0.3) is 0 Å². The van der Waals surface area contributed by atoms with E-state index < -0.39 is 6.10 Å². The van der Waals surface area contributed by atoms with Gasteiger partial charge in [0.05, 0.1) is 19.1 Å². The molecule has 120 valence electrons. The van der Waals surface area contributed by atoms with E-state index in [1.54, 1.807) is 6.92 Å². The largest absolute Gasteiger partial charge is 0.466 e. The van der Waals surface area contributed by atoms with Crippen LogP contribution in [-0.4, -0.2) is 48.3 Å². The summed E-state index contributed by atoms with van der Waals surface area (Å²) in [5.74, 6) is 0.991. The Morgan fingerprint density at radius 1 is 1.10 bits per heavy atom. The van der Waals surface area contributed by atoms with Crippen LogP contribution in [0.5, 0.6) is 0 Å². The molecule has 1 unspecified atom stereocenters. The van der Waals surface area contributed by atoms with Gasteiger partial charge >= 0.3 is 5.97 Å². The van der Waals surface area contributed by atoms with Gasteiger partial charge in [-0.2, -0.15) is 0 Å². The lowest BCUT2D eigenvalue weighted by atomic mass is 10.1. The summed E-state index contributed by atoms with van der Waals surface area (Å²) in [4.78, 5) is 13.6. The maximum absolute atomic E-state index is 11.4. The topological polar surface area (TPSA) is 49.8 Å². The highest BCUT2D eigenvalue weighted by Gasteiger charge is 2.16. The molecule has 1 N–H and O–H groups in total. The molecule has 4 heteroatoms. The number of carbonyl (C=O) groups is 1. The minimum atomic E-state index is -0.631. The van der Waals surface area contributed by atoms with Gasteiger partial charge in [0.2, 0.25) is 0 Å². The second kappa shape index (κ2) is 11.1. The van der Waals surface area contributed by atoms with Crippen LogP contribution in [0.1, 0.15) is 53.9 Å². The predicted octanol–water partition coefficient (Wildman–Crippen LogP) is 2.69. The molecule has 4 nitrogen and oxygen atoms in total. The van der Waals surface area contributed by atoms with Crippen LogP contribution in [-0.2, 0) is 9.53 Å². The van der Waals surface area contributed by atoms with Crippen molar-refractivity contribution < 1.29 is 14.6 Å². The molecule has 0 heterocycles. The quantitative estimate of drug-likeness (QED) is 0.594. The number of aliphatic hydroxyl groups excluding tert-OH is 1. The molecule has 0 aliphatic rings. The van der Waals surface area contributed by atoms with Crippen molar-refractivity contribution in [2.75, 3.05) is 26.2 Å². The molecule has 20 heavy (non-hydrogen) atoms. The van der Waals surface area contributed by atoms with Gasteiger partial charge in [-0.15, -0.1) is 0 Å². The molecular weight excluding hydrogens is 254 g/mol. The highest BCUT2D eigenvalue weighted by Crippen LogP contribution is 2.08. The lowest BCUT2D eigenvalue weighted by molar-refractivity contribution is -0.145. The van der Waals surface area contributed by atoms with Gasteiger partial charge in [-0.05, 0) is 44.7 Å². The van der Waals surface area contributed by atoms with Gasteiger partial charge in [0.15, 0.2) is 0 Å². The van der Waals surface area contributed by atoms with Crippen LogP contribution < -0.4 is 0 Å². The summed E-state index contributed by atoms with van der Waals surface area (Å²) in [5.41, 5.74) is 0. The van der Waals surface area contributed by atoms with Crippen molar-refractivity contribution in [1.29, 1.82) is 0 Å². The first kappa shape index (κ1) is 19.4. The molecule has 0 aliphatic carbocycles. The average molecular weight is 287 g/mol. The fraction of sp³-hybridized carbons (Fsp3) is 0.938. The van der Waals surface area contributed by atoms with Crippen LogP contribution in [0.2, 0.25) is 0 Å². The van der Waals surface area contributed by atoms with E-state index in [0.29, 0.717) is 25.0 Å². The maximum atomic E-state index is 11.4. The molecule has 0 spiro atoms. The Labute approximate surface area is 124 Å². The fourth-order valence-corrected chi connectivity index (χ4v) is 1.95. The fourth-order valence-electron chi connectivity index (χ4n) is 1.95. The third-order valence-electron chi connectivity index (χ3n) is 3.22. The average Bonchev–Trinajstić information content (AvgIpc) is 2.32. The molecule has 0 radical (unpaired) electrons. The van der Waals surface area contributed by atoms with Crippen molar-refractivity contribution in [3.63, 3.8) is 0 Å². The van der Waals surface area contributed by atoms with Gasteiger partial charge in [0.1, 0.15) is 0 Å². The smallest absolute Gasteiger partial charge is 0.308 e. The Morgan fingerprint density at radius 2 is 1.60 bits per heavy atom. The Morgan fingerprint density at radius 3 is 2.00 bits per heavy atom. The van der Waals surface area contributed by atoms with Crippen LogP contribution in [0.3, 0.4) is 0 Å². The van der Waals surface area contributed by atoms with Crippen LogP contribution in [0.15, 0.2) is 0 Å². The van der Waals surface area contributed by atoms with E-state index in [1.165, 1.54) is 0 Å². The predicted molar refractivity (Wildman–Crippen MR) is 82.6 cm³/mol. The molecule has 0 amide bonds. The van der Waals surface area contributed by atoms with Gasteiger partial charge in [-0.25, -0.2) is 0 Å². The van der Waals surface area contributed by atoms with Crippen molar-refractivity contribution >= 4 is 5.97 Å². The number of aliphatic hydroxyl groups is 1. The summed E-state index contributed by atoms with van der Waals surface area (Å²) in [7, 11) is 0. The molecule has 1 atom stereocenters. The van der Waals surface area contributed by atoms with Gasteiger partial charge < -0.3 is 14.7 Å². The first-order valence-corrected chi connectivity index (χ1v) is 7.91. The number of ether oxygens (including phenoxy) is 1. The Hall–Kier alpha value is -0.610. The number of hydrogen-bond donors (Lipinski definition) is 1. The Bertz CT molecular complexity index is 242. The summed E-state index contributed by atoms with van der Waals surface area (Å²) >= 11 is 0. The minimum absolute atomic E-state index is 0.0910. The molecule has 0 saturated carbocycles. The molecular formula is C16H33NO3. The minimum Gasteiger partial charge on any atom is -0.466 e. The van der Waals surface area contributed by atoms with E-state index in [9.17, 15) is 9.90 Å². The summed E-state index contributed by atoms with van der Waals surface area (Å²) in [6, 6.07) is 0. The van der Waals surface area contributed by atoms with E-state index >= 15 is 0 Å². The molecule has 0 aromatic heterocycles. The second-order valence-corrected chi connectivity index (χ2v) is 6.33. The zero-order valence-corrected chi connectivity index (χ0v) is 13.9. The summed E-state index contributed by atoms with van der Waals surface area (Å²) in [5, 5.41) is 10.0. The first-order chi connectivity index (χ1) is 9.35. The van der Waals surface area contributed by atoms with Crippen molar-refractivity contribution in [1.82, 2.24) is 4.90 Å². The monoisotopic (exact) mass is 287 g/mol. The van der Waals surface area contributed by atoms with Crippen LogP contribution >= 0.6 is 0 Å². The van der Waals surface area contributed by atoms with E-state index in [4.69, 9.17) is 4.74 Å². The molecule has 0 fully saturated rings. The van der Waals surface area contributed by atoms with E-state index in [-0.39, 0.29) is 12.4 Å². The lowest BCUT2D eigenvalue weighted by Crippen LogP contribution is -2.36. The van der Waals surface area contributed by atoms with Crippen molar-refractivity contribution in [2.45, 2.75) is 60.0 Å². The highest BCUT2D eigenvalue weighted by atomic mass is 16.5. The summed E-state index contributed by atoms with van der Waals surface area (Å²) < 4.78 is 4.87. The summed E-state index contributed by atoms with van der Waals surface area (Å²) in [6.45, 7) is 13.5. The molecule has 0 aromatic carbocycles. The summed E-state index contributed by atoms with van der Waals surface area (Å²) in [6.07, 6.45) is 1.69. The van der Waals surface area contributed by atoms with E-state index in [2.05, 4.69) is 32.6 Å². The first-order valence-electron chi connectivity index (χ1n) is 7.91. The number of nitrogens with zero attached hydrogens (tertiary/aromatic N) is 1. The van der Waals surface area contributed by atoms with E-state index in [1.807, 2.05) is 0 Å². The number of hydrogen-bond acceptors (Lipinski definition) is 4. The molecule has 0 rings (SSSR count).